The molecule has 0 unspecified atom stereocenters. The largest absolute Gasteiger partial charge is 0.330 e. The maximum absolute atomic E-state index is 5.55. The van der Waals surface area contributed by atoms with Crippen molar-refractivity contribution in [2.45, 2.75) is 51.5 Å². The quantitative estimate of drug-likeness (QED) is 0.829. The molecule has 3 heteroatoms. The zero-order valence-electron chi connectivity index (χ0n) is 10.1. The molecule has 0 spiro atoms. The Morgan fingerprint density at radius 2 is 2.12 bits per heavy atom. The molecular weight excluding hydrogens is 198 g/mol. The summed E-state index contributed by atoms with van der Waals surface area (Å²) in [7, 11) is 0. The Labute approximate surface area is 98.0 Å². The molecule has 3 nitrogen and oxygen atoms in total. The fourth-order valence-corrected chi connectivity index (χ4v) is 2.63. The lowest BCUT2D eigenvalue weighted by Gasteiger charge is -2.22. The molecule has 1 aliphatic carbocycles. The van der Waals surface area contributed by atoms with Gasteiger partial charge in [-0.1, -0.05) is 19.3 Å². The summed E-state index contributed by atoms with van der Waals surface area (Å²) in [5, 5.41) is 4.44. The van der Waals surface area contributed by atoms with Crippen LogP contribution in [0.1, 0.15) is 44.2 Å². The van der Waals surface area contributed by atoms with Crippen molar-refractivity contribution in [2.75, 3.05) is 6.54 Å². The summed E-state index contributed by atoms with van der Waals surface area (Å²) in [5.41, 5.74) is 6.91. The van der Waals surface area contributed by atoms with Crippen LogP contribution in [0.3, 0.4) is 0 Å². The van der Waals surface area contributed by atoms with Crippen LogP contribution in [0.5, 0.6) is 0 Å². The van der Waals surface area contributed by atoms with Crippen LogP contribution >= 0.6 is 0 Å². The molecule has 2 N–H and O–H groups in total. The Bertz CT molecular complexity index is 300. The third kappa shape index (κ3) is 3.08. The summed E-state index contributed by atoms with van der Waals surface area (Å²) in [4.78, 5) is 0. The number of hydrogen-bond donors (Lipinski definition) is 1. The lowest BCUT2D eigenvalue weighted by molar-refractivity contribution is 0.304. The van der Waals surface area contributed by atoms with E-state index >= 15 is 0 Å². The van der Waals surface area contributed by atoms with Crippen molar-refractivity contribution < 1.29 is 0 Å². The lowest BCUT2D eigenvalue weighted by atomic mass is 9.89. The minimum absolute atomic E-state index is 0.772. The van der Waals surface area contributed by atoms with E-state index in [1.54, 1.807) is 0 Å². The van der Waals surface area contributed by atoms with Crippen molar-refractivity contribution in [1.29, 1.82) is 0 Å². The Kier molecular flexibility index (Phi) is 4.40. The Morgan fingerprint density at radius 3 is 2.88 bits per heavy atom. The molecular formula is C13H23N3. The van der Waals surface area contributed by atoms with Gasteiger partial charge in [-0.25, -0.2) is 0 Å². The highest BCUT2D eigenvalue weighted by molar-refractivity contribution is 5.00. The monoisotopic (exact) mass is 221 g/mol. The summed E-state index contributed by atoms with van der Waals surface area (Å²) >= 11 is 0. The highest BCUT2D eigenvalue weighted by Gasteiger charge is 2.15. The van der Waals surface area contributed by atoms with Crippen molar-refractivity contribution in [3.8, 4) is 0 Å². The Morgan fingerprint density at radius 1 is 1.31 bits per heavy atom. The van der Waals surface area contributed by atoms with Gasteiger partial charge in [0.15, 0.2) is 0 Å². The number of aromatic nitrogens is 2. The molecule has 0 saturated heterocycles. The van der Waals surface area contributed by atoms with E-state index in [1.807, 2.05) is 6.20 Å². The third-order valence-corrected chi connectivity index (χ3v) is 3.60. The van der Waals surface area contributed by atoms with Crippen LogP contribution in [0.4, 0.5) is 0 Å². The second kappa shape index (κ2) is 6.04. The standard InChI is InChI=1S/C13H23N3/c14-9-4-7-13-8-10-15-16(13)11-12-5-2-1-3-6-12/h8,10,12H,1-7,9,11,14H2. The highest BCUT2D eigenvalue weighted by Crippen LogP contribution is 2.25. The molecule has 1 aromatic rings. The van der Waals surface area contributed by atoms with E-state index in [2.05, 4.69) is 15.8 Å². The molecule has 1 aromatic heterocycles. The van der Waals surface area contributed by atoms with Gasteiger partial charge in [0.25, 0.3) is 0 Å². The first-order valence-corrected chi connectivity index (χ1v) is 6.61. The molecule has 0 bridgehead atoms. The first kappa shape index (κ1) is 11.6. The topological polar surface area (TPSA) is 43.8 Å². The number of nitrogens with zero attached hydrogens (tertiary/aromatic N) is 2. The van der Waals surface area contributed by atoms with E-state index in [9.17, 15) is 0 Å². The van der Waals surface area contributed by atoms with Crippen molar-refractivity contribution in [3.05, 3.63) is 18.0 Å². The summed E-state index contributed by atoms with van der Waals surface area (Å²) in [6.07, 6.45) is 11.1. The molecule has 1 fully saturated rings. The van der Waals surface area contributed by atoms with Gasteiger partial charge in [-0.15, -0.1) is 0 Å². The predicted octanol–water partition coefficient (Wildman–Crippen LogP) is 2.35. The van der Waals surface area contributed by atoms with E-state index in [4.69, 9.17) is 5.73 Å². The van der Waals surface area contributed by atoms with Gasteiger partial charge in [-0.2, -0.15) is 5.10 Å². The molecule has 0 atom stereocenters. The number of aryl methyl sites for hydroxylation is 1. The van der Waals surface area contributed by atoms with Crippen LogP contribution in [0, 0.1) is 5.92 Å². The van der Waals surface area contributed by atoms with Gasteiger partial charge in [0, 0.05) is 18.4 Å². The van der Waals surface area contributed by atoms with Gasteiger partial charge in [0.05, 0.1) is 0 Å². The van der Waals surface area contributed by atoms with Gasteiger partial charge < -0.3 is 5.73 Å². The molecule has 90 valence electrons. The minimum atomic E-state index is 0.772. The minimum Gasteiger partial charge on any atom is -0.330 e. The summed E-state index contributed by atoms with van der Waals surface area (Å²) < 4.78 is 2.20. The molecule has 1 heterocycles. The molecule has 0 aliphatic heterocycles. The van der Waals surface area contributed by atoms with Gasteiger partial charge in [-0.3, -0.25) is 4.68 Å². The van der Waals surface area contributed by atoms with Crippen LogP contribution in [-0.4, -0.2) is 16.3 Å². The van der Waals surface area contributed by atoms with E-state index in [0.717, 1.165) is 31.8 Å². The van der Waals surface area contributed by atoms with Crippen LogP contribution in [0.15, 0.2) is 12.3 Å². The van der Waals surface area contributed by atoms with E-state index in [-0.39, 0.29) is 0 Å². The van der Waals surface area contributed by atoms with Gasteiger partial charge >= 0.3 is 0 Å². The first-order chi connectivity index (χ1) is 7.90. The second-order valence-electron chi connectivity index (χ2n) is 4.90. The van der Waals surface area contributed by atoms with Crippen LogP contribution in [0.25, 0.3) is 0 Å². The van der Waals surface area contributed by atoms with E-state index in [1.165, 1.54) is 37.8 Å². The zero-order valence-corrected chi connectivity index (χ0v) is 10.1. The predicted molar refractivity (Wildman–Crippen MR) is 66.2 cm³/mol. The average Bonchev–Trinajstić information content (AvgIpc) is 2.75. The summed E-state index contributed by atoms with van der Waals surface area (Å²) in [6, 6.07) is 2.14. The third-order valence-electron chi connectivity index (χ3n) is 3.60. The second-order valence-corrected chi connectivity index (χ2v) is 4.90. The van der Waals surface area contributed by atoms with Crippen molar-refractivity contribution in [3.63, 3.8) is 0 Å². The zero-order chi connectivity index (χ0) is 11.2. The Hall–Kier alpha value is -0.830. The fourth-order valence-electron chi connectivity index (χ4n) is 2.63. The molecule has 2 rings (SSSR count). The van der Waals surface area contributed by atoms with Gasteiger partial charge in [0.1, 0.15) is 0 Å². The average molecular weight is 221 g/mol. The van der Waals surface area contributed by atoms with E-state index < -0.39 is 0 Å². The number of nitrogens with two attached hydrogens (primary N) is 1. The van der Waals surface area contributed by atoms with Crippen LogP contribution < -0.4 is 5.73 Å². The first-order valence-electron chi connectivity index (χ1n) is 6.61. The highest BCUT2D eigenvalue weighted by atomic mass is 15.3. The maximum atomic E-state index is 5.55. The normalized spacial score (nSPS) is 17.8. The van der Waals surface area contributed by atoms with E-state index in [0.29, 0.717) is 0 Å². The number of hydrogen-bond acceptors (Lipinski definition) is 2. The molecule has 0 radical (unpaired) electrons. The van der Waals surface area contributed by atoms with Crippen molar-refractivity contribution in [1.82, 2.24) is 9.78 Å². The maximum Gasteiger partial charge on any atom is 0.0492 e. The molecule has 0 aromatic carbocycles. The number of rotatable bonds is 5. The van der Waals surface area contributed by atoms with Crippen LogP contribution in [-0.2, 0) is 13.0 Å². The summed E-state index contributed by atoms with van der Waals surface area (Å²) in [6.45, 7) is 1.89. The Balaban J connectivity index is 1.89. The smallest absolute Gasteiger partial charge is 0.0492 e. The molecule has 16 heavy (non-hydrogen) atoms. The van der Waals surface area contributed by atoms with Crippen molar-refractivity contribution >= 4 is 0 Å². The van der Waals surface area contributed by atoms with Gasteiger partial charge in [0.2, 0.25) is 0 Å². The van der Waals surface area contributed by atoms with Crippen LogP contribution in [0.2, 0.25) is 0 Å². The SMILES string of the molecule is NCCCc1ccnn1CC1CCCCC1. The molecule has 0 amide bonds. The molecule has 1 aliphatic rings. The summed E-state index contributed by atoms with van der Waals surface area (Å²) in [5.74, 6) is 0.852. The fraction of sp³-hybridized carbons (Fsp3) is 0.769. The van der Waals surface area contributed by atoms with Crippen molar-refractivity contribution in [2.24, 2.45) is 11.7 Å². The van der Waals surface area contributed by atoms with Gasteiger partial charge in [-0.05, 0) is 44.2 Å². The molecule has 1 saturated carbocycles. The lowest BCUT2D eigenvalue weighted by Crippen LogP contribution is -2.17.